The van der Waals surface area contributed by atoms with E-state index in [1.165, 1.54) is 0 Å². The molecule has 5 atom stereocenters. The summed E-state index contributed by atoms with van der Waals surface area (Å²) < 4.78 is 3.00. The maximum Gasteiger partial charge on any atom is 0.312 e. The number of rotatable bonds is 0. The number of hydrogen-bond acceptors (Lipinski definition) is 3. The molecule has 2 bridgehead atoms. The molecule has 3 aliphatic rings. The Hall–Kier alpha value is 0.300. The predicted molar refractivity (Wildman–Crippen MR) is 59.1 cm³/mol. The molecule has 6 heteroatoms. The molecule has 1 aliphatic heterocycles. The molecule has 3 fully saturated rings. The van der Waals surface area contributed by atoms with Crippen LogP contribution in [0.15, 0.2) is 0 Å². The van der Waals surface area contributed by atoms with E-state index in [2.05, 4.69) is 0 Å². The number of aliphatic hydroxyl groups is 1. The Morgan fingerprint density at radius 2 is 1.94 bits per heavy atom. The van der Waals surface area contributed by atoms with Crippen LogP contribution in [0.2, 0.25) is 0 Å². The molecule has 0 aromatic carbocycles. The number of esters is 1. The number of carbonyl (C=O) groups is 1. The predicted octanol–water partition coefficient (Wildman–Crippen LogP) is 2.26. The summed E-state index contributed by atoms with van der Waals surface area (Å²) in [6.07, 6.45) is 2.93. The lowest BCUT2D eigenvalue weighted by Gasteiger charge is -2.36. The fourth-order valence-corrected chi connectivity index (χ4v) is 4.22. The van der Waals surface area contributed by atoms with Crippen molar-refractivity contribution >= 4 is 40.8 Å². The van der Waals surface area contributed by atoms with E-state index in [1.54, 1.807) is 0 Å². The van der Waals surface area contributed by atoms with E-state index in [9.17, 15) is 9.90 Å². The minimum absolute atomic E-state index is 0.238. The SMILES string of the molecule is O=C1OC(O)(C(Cl)(Cl)Cl)C2C3CCC(C3)C12. The van der Waals surface area contributed by atoms with Crippen LogP contribution < -0.4 is 0 Å². The molecule has 5 unspecified atom stereocenters. The summed E-state index contributed by atoms with van der Waals surface area (Å²) in [6.45, 7) is 0. The van der Waals surface area contributed by atoms with Gasteiger partial charge in [0.1, 0.15) is 0 Å². The van der Waals surface area contributed by atoms with E-state index in [4.69, 9.17) is 39.5 Å². The van der Waals surface area contributed by atoms with Crippen LogP contribution in [0.25, 0.3) is 0 Å². The number of ether oxygens (including phenoxy) is 1. The summed E-state index contributed by atoms with van der Waals surface area (Å²) in [5.41, 5.74) is 0. The molecule has 90 valence electrons. The number of fused-ring (bicyclic) bond motifs is 5. The third-order valence-electron chi connectivity index (χ3n) is 4.30. The molecule has 3 rings (SSSR count). The van der Waals surface area contributed by atoms with E-state index in [1.807, 2.05) is 0 Å². The van der Waals surface area contributed by atoms with Gasteiger partial charge in [-0.3, -0.25) is 4.79 Å². The zero-order chi connectivity index (χ0) is 11.7. The van der Waals surface area contributed by atoms with Gasteiger partial charge in [-0.1, -0.05) is 34.8 Å². The Morgan fingerprint density at radius 1 is 1.31 bits per heavy atom. The van der Waals surface area contributed by atoms with E-state index in [-0.39, 0.29) is 17.8 Å². The van der Waals surface area contributed by atoms with Gasteiger partial charge < -0.3 is 9.84 Å². The second-order valence-corrected chi connectivity index (χ2v) is 7.28. The lowest BCUT2D eigenvalue weighted by atomic mass is 9.77. The Bertz CT molecular complexity index is 354. The van der Waals surface area contributed by atoms with Crippen LogP contribution in [0.5, 0.6) is 0 Å². The summed E-state index contributed by atoms with van der Waals surface area (Å²) in [6, 6.07) is 0. The van der Waals surface area contributed by atoms with Crippen molar-refractivity contribution in [1.29, 1.82) is 0 Å². The van der Waals surface area contributed by atoms with E-state index in [0.717, 1.165) is 19.3 Å². The van der Waals surface area contributed by atoms with Crippen LogP contribution >= 0.6 is 34.8 Å². The van der Waals surface area contributed by atoms with Gasteiger partial charge in [-0.15, -0.1) is 0 Å². The summed E-state index contributed by atoms with van der Waals surface area (Å²) in [5, 5.41) is 10.4. The molecule has 1 N–H and O–H groups in total. The van der Waals surface area contributed by atoms with Gasteiger partial charge in [0, 0.05) is 5.92 Å². The maximum atomic E-state index is 11.7. The highest BCUT2D eigenvalue weighted by Crippen LogP contribution is 2.63. The lowest BCUT2D eigenvalue weighted by molar-refractivity contribution is -0.204. The highest BCUT2D eigenvalue weighted by molar-refractivity contribution is 6.68. The first kappa shape index (κ1) is 11.4. The standard InChI is InChI=1S/C10H11Cl3O3/c11-10(12,13)9(15)7-5-2-1-4(3-5)6(7)8(14)16-9/h4-7,15H,1-3H2. The van der Waals surface area contributed by atoms with Crippen molar-refractivity contribution in [2.75, 3.05) is 0 Å². The molecule has 0 aromatic rings. The quantitative estimate of drug-likeness (QED) is 0.548. The molecule has 3 nitrogen and oxygen atoms in total. The van der Waals surface area contributed by atoms with Crippen LogP contribution in [0.3, 0.4) is 0 Å². The number of carbonyl (C=O) groups excluding carboxylic acids is 1. The average Bonchev–Trinajstić information content (AvgIpc) is 2.77. The van der Waals surface area contributed by atoms with Crippen molar-refractivity contribution in [1.82, 2.24) is 0 Å². The molecular formula is C10H11Cl3O3. The first-order valence-electron chi connectivity index (χ1n) is 5.36. The molecule has 0 aromatic heterocycles. The number of halogens is 3. The second-order valence-electron chi connectivity index (χ2n) is 5.00. The van der Waals surface area contributed by atoms with E-state index in [0.29, 0.717) is 5.92 Å². The smallest absolute Gasteiger partial charge is 0.312 e. The molecule has 16 heavy (non-hydrogen) atoms. The largest absolute Gasteiger partial charge is 0.428 e. The Labute approximate surface area is 108 Å². The Balaban J connectivity index is 2.02. The topological polar surface area (TPSA) is 46.5 Å². The lowest BCUT2D eigenvalue weighted by Crippen LogP contribution is -2.50. The van der Waals surface area contributed by atoms with Crippen molar-refractivity contribution in [2.45, 2.75) is 28.8 Å². The molecule has 0 spiro atoms. The van der Waals surface area contributed by atoms with Crippen LogP contribution in [0.4, 0.5) is 0 Å². The number of alkyl halides is 3. The first-order valence-corrected chi connectivity index (χ1v) is 6.50. The monoisotopic (exact) mass is 284 g/mol. The van der Waals surface area contributed by atoms with Crippen LogP contribution in [-0.2, 0) is 9.53 Å². The van der Waals surface area contributed by atoms with Gasteiger partial charge >= 0.3 is 5.97 Å². The summed E-state index contributed by atoms with van der Waals surface area (Å²) in [4.78, 5) is 11.7. The maximum absolute atomic E-state index is 11.7. The molecule has 0 radical (unpaired) electrons. The van der Waals surface area contributed by atoms with Crippen LogP contribution in [-0.4, -0.2) is 20.7 Å². The van der Waals surface area contributed by atoms with E-state index < -0.39 is 15.5 Å². The first-order chi connectivity index (χ1) is 7.34. The van der Waals surface area contributed by atoms with Crippen molar-refractivity contribution in [3.05, 3.63) is 0 Å². The van der Waals surface area contributed by atoms with Crippen molar-refractivity contribution in [2.24, 2.45) is 23.7 Å². The van der Waals surface area contributed by atoms with E-state index >= 15 is 0 Å². The van der Waals surface area contributed by atoms with Crippen LogP contribution in [0.1, 0.15) is 19.3 Å². The fourth-order valence-electron chi connectivity index (χ4n) is 3.73. The van der Waals surface area contributed by atoms with Gasteiger partial charge in [0.25, 0.3) is 9.58 Å². The van der Waals surface area contributed by atoms with Crippen molar-refractivity contribution in [3.8, 4) is 0 Å². The Kier molecular flexibility index (Phi) is 2.27. The normalized spacial score (nSPS) is 50.6. The van der Waals surface area contributed by atoms with Gasteiger partial charge in [-0.2, -0.15) is 0 Å². The molecule has 2 aliphatic carbocycles. The minimum atomic E-state index is -1.98. The summed E-state index contributed by atoms with van der Waals surface area (Å²) >= 11 is 17.3. The molecule has 0 amide bonds. The third-order valence-corrected chi connectivity index (χ3v) is 5.12. The van der Waals surface area contributed by atoms with Gasteiger partial charge in [0.2, 0.25) is 0 Å². The van der Waals surface area contributed by atoms with Crippen LogP contribution in [0, 0.1) is 23.7 Å². The summed E-state index contributed by atoms with van der Waals surface area (Å²) in [5.74, 6) is -2.46. The van der Waals surface area contributed by atoms with Crippen molar-refractivity contribution in [3.63, 3.8) is 0 Å². The minimum Gasteiger partial charge on any atom is -0.428 e. The highest BCUT2D eigenvalue weighted by Gasteiger charge is 2.71. The molecule has 1 saturated heterocycles. The Morgan fingerprint density at radius 3 is 2.56 bits per heavy atom. The van der Waals surface area contributed by atoms with Gasteiger partial charge in [-0.05, 0) is 31.1 Å². The zero-order valence-electron chi connectivity index (χ0n) is 8.33. The van der Waals surface area contributed by atoms with Gasteiger partial charge in [-0.25, -0.2) is 0 Å². The molecule has 1 heterocycles. The van der Waals surface area contributed by atoms with Gasteiger partial charge in [0.05, 0.1) is 5.92 Å². The third kappa shape index (κ3) is 1.23. The number of hydrogen-bond donors (Lipinski definition) is 1. The number of cyclic esters (lactones) is 1. The second kappa shape index (κ2) is 3.19. The van der Waals surface area contributed by atoms with Crippen molar-refractivity contribution < 1.29 is 14.6 Å². The fraction of sp³-hybridized carbons (Fsp3) is 0.900. The zero-order valence-corrected chi connectivity index (χ0v) is 10.6. The average molecular weight is 286 g/mol. The molecular weight excluding hydrogens is 274 g/mol. The summed E-state index contributed by atoms with van der Waals surface area (Å²) in [7, 11) is 0. The molecule has 2 saturated carbocycles. The highest BCUT2D eigenvalue weighted by atomic mass is 35.6. The van der Waals surface area contributed by atoms with Gasteiger partial charge in [0.15, 0.2) is 0 Å².